The number of nitrogens with one attached hydrogen (secondary N) is 1. The third-order valence-corrected chi connectivity index (χ3v) is 5.64. The summed E-state index contributed by atoms with van der Waals surface area (Å²) in [5.74, 6) is 1.03. The number of aromatic nitrogens is 4. The van der Waals surface area contributed by atoms with Gasteiger partial charge in [-0.2, -0.15) is 0 Å². The second-order valence-electron chi connectivity index (χ2n) is 7.71. The topological polar surface area (TPSA) is 107 Å². The third kappa shape index (κ3) is 3.35. The SMILES string of the molecule is COc1ccc(-c2cccc(N)c2)n2nc(C3(C(=O)NCc4cccnc4)CC3)nc12. The second-order valence-corrected chi connectivity index (χ2v) is 7.71. The van der Waals surface area contributed by atoms with E-state index in [0.29, 0.717) is 42.3 Å². The Balaban J connectivity index is 1.51. The van der Waals surface area contributed by atoms with E-state index in [4.69, 9.17) is 20.6 Å². The molecule has 1 aliphatic carbocycles. The predicted octanol–water partition coefficient (Wildman–Crippen LogP) is 2.73. The highest BCUT2D eigenvalue weighted by atomic mass is 16.5. The molecule has 0 radical (unpaired) electrons. The van der Waals surface area contributed by atoms with Crippen LogP contribution < -0.4 is 15.8 Å². The van der Waals surface area contributed by atoms with Crippen LogP contribution in [0.2, 0.25) is 0 Å². The number of methoxy groups -OCH3 is 1. The highest BCUT2D eigenvalue weighted by Crippen LogP contribution is 2.47. The van der Waals surface area contributed by atoms with Crippen LogP contribution in [0.4, 0.5) is 5.69 Å². The number of amides is 1. The maximum Gasteiger partial charge on any atom is 0.234 e. The fourth-order valence-electron chi connectivity index (χ4n) is 3.75. The average Bonchev–Trinajstić information content (AvgIpc) is 3.49. The number of anilines is 1. The minimum absolute atomic E-state index is 0.0725. The Morgan fingerprint density at radius 2 is 2.10 bits per heavy atom. The second kappa shape index (κ2) is 7.39. The van der Waals surface area contributed by atoms with E-state index in [1.54, 1.807) is 24.0 Å². The van der Waals surface area contributed by atoms with Crippen molar-refractivity contribution in [3.05, 3.63) is 72.3 Å². The Morgan fingerprint density at radius 1 is 1.23 bits per heavy atom. The van der Waals surface area contributed by atoms with Crippen LogP contribution in [0.15, 0.2) is 60.9 Å². The number of carbonyl (C=O) groups excluding carboxylic acids is 1. The number of carbonyl (C=O) groups is 1. The Morgan fingerprint density at radius 3 is 2.81 bits per heavy atom. The van der Waals surface area contributed by atoms with Gasteiger partial charge in [0.1, 0.15) is 5.41 Å². The number of pyridine rings is 2. The molecule has 0 saturated heterocycles. The zero-order valence-corrected chi connectivity index (χ0v) is 17.1. The van der Waals surface area contributed by atoms with Gasteiger partial charge in [0.05, 0.1) is 12.8 Å². The molecule has 3 heterocycles. The predicted molar refractivity (Wildman–Crippen MR) is 116 cm³/mol. The fraction of sp³-hybridized carbons (Fsp3) is 0.217. The molecule has 1 fully saturated rings. The van der Waals surface area contributed by atoms with Gasteiger partial charge in [-0.25, -0.2) is 9.50 Å². The van der Waals surface area contributed by atoms with Crippen molar-refractivity contribution in [2.45, 2.75) is 24.8 Å². The van der Waals surface area contributed by atoms with Gasteiger partial charge in [0.25, 0.3) is 0 Å². The van der Waals surface area contributed by atoms with Gasteiger partial charge in [-0.15, -0.1) is 5.10 Å². The summed E-state index contributed by atoms with van der Waals surface area (Å²) in [5.41, 5.74) is 9.18. The first-order chi connectivity index (χ1) is 15.1. The number of nitrogen functional groups attached to an aromatic ring is 1. The number of benzene rings is 1. The molecule has 0 aliphatic heterocycles. The summed E-state index contributed by atoms with van der Waals surface area (Å²) in [5, 5.41) is 7.76. The maximum absolute atomic E-state index is 13.1. The molecular formula is C23H22N6O2. The minimum Gasteiger partial charge on any atom is -0.493 e. The zero-order valence-electron chi connectivity index (χ0n) is 17.1. The van der Waals surface area contributed by atoms with Crippen LogP contribution in [-0.4, -0.2) is 32.6 Å². The number of rotatable bonds is 6. The monoisotopic (exact) mass is 414 g/mol. The lowest BCUT2D eigenvalue weighted by Crippen LogP contribution is -2.35. The van der Waals surface area contributed by atoms with E-state index in [9.17, 15) is 4.79 Å². The van der Waals surface area contributed by atoms with Crippen LogP contribution in [0, 0.1) is 0 Å². The van der Waals surface area contributed by atoms with Gasteiger partial charge in [-0.3, -0.25) is 9.78 Å². The molecule has 5 rings (SSSR count). The quantitative estimate of drug-likeness (QED) is 0.470. The van der Waals surface area contributed by atoms with Gasteiger partial charge in [-0.05, 0) is 48.7 Å². The molecule has 31 heavy (non-hydrogen) atoms. The highest BCUT2D eigenvalue weighted by molar-refractivity contribution is 5.90. The normalized spacial score (nSPS) is 14.4. The zero-order chi connectivity index (χ0) is 21.4. The van der Waals surface area contributed by atoms with Crippen molar-refractivity contribution < 1.29 is 9.53 Å². The molecular weight excluding hydrogens is 392 g/mol. The van der Waals surface area contributed by atoms with Gasteiger partial charge in [0.2, 0.25) is 5.91 Å². The Labute approximate surface area is 179 Å². The number of ether oxygens (including phenoxy) is 1. The summed E-state index contributed by atoms with van der Waals surface area (Å²) in [4.78, 5) is 21.9. The number of nitrogens with two attached hydrogens (primary N) is 1. The van der Waals surface area contributed by atoms with Crippen molar-refractivity contribution in [2.75, 3.05) is 12.8 Å². The van der Waals surface area contributed by atoms with E-state index in [0.717, 1.165) is 16.8 Å². The summed E-state index contributed by atoms with van der Waals surface area (Å²) in [6, 6.07) is 15.1. The summed E-state index contributed by atoms with van der Waals surface area (Å²) in [7, 11) is 1.59. The van der Waals surface area contributed by atoms with Crippen LogP contribution in [0.25, 0.3) is 16.9 Å². The van der Waals surface area contributed by atoms with Crippen molar-refractivity contribution >= 4 is 17.2 Å². The fourth-order valence-corrected chi connectivity index (χ4v) is 3.75. The highest BCUT2D eigenvalue weighted by Gasteiger charge is 2.54. The Kier molecular flexibility index (Phi) is 4.54. The van der Waals surface area contributed by atoms with Gasteiger partial charge in [0, 0.05) is 30.2 Å². The minimum atomic E-state index is -0.716. The van der Waals surface area contributed by atoms with Crippen molar-refractivity contribution in [1.82, 2.24) is 24.9 Å². The van der Waals surface area contributed by atoms with Crippen LogP contribution >= 0.6 is 0 Å². The van der Waals surface area contributed by atoms with E-state index in [2.05, 4.69) is 10.3 Å². The lowest BCUT2D eigenvalue weighted by Gasteiger charge is -2.11. The molecule has 8 nitrogen and oxygen atoms in total. The molecule has 1 saturated carbocycles. The summed E-state index contributed by atoms with van der Waals surface area (Å²) >= 11 is 0. The molecule has 156 valence electrons. The van der Waals surface area contributed by atoms with Gasteiger partial charge in [0.15, 0.2) is 17.2 Å². The van der Waals surface area contributed by atoms with E-state index < -0.39 is 5.41 Å². The number of hydrogen-bond acceptors (Lipinski definition) is 6. The molecule has 3 aromatic heterocycles. The van der Waals surface area contributed by atoms with Crippen molar-refractivity contribution in [3.63, 3.8) is 0 Å². The largest absolute Gasteiger partial charge is 0.493 e. The van der Waals surface area contributed by atoms with Crippen LogP contribution in [0.1, 0.15) is 24.2 Å². The molecule has 3 N–H and O–H groups in total. The molecule has 1 amide bonds. The van der Waals surface area contributed by atoms with Gasteiger partial charge in [-0.1, -0.05) is 18.2 Å². The summed E-state index contributed by atoms with van der Waals surface area (Å²) in [6.07, 6.45) is 4.86. The van der Waals surface area contributed by atoms with Crippen molar-refractivity contribution in [3.8, 4) is 17.0 Å². The van der Waals surface area contributed by atoms with E-state index in [1.165, 1.54) is 0 Å². The van der Waals surface area contributed by atoms with Crippen LogP contribution in [0.3, 0.4) is 0 Å². The Bertz CT molecular complexity index is 1260. The van der Waals surface area contributed by atoms with Crippen molar-refractivity contribution in [2.24, 2.45) is 0 Å². The number of fused-ring (bicyclic) bond motifs is 1. The van der Waals surface area contributed by atoms with Crippen molar-refractivity contribution in [1.29, 1.82) is 0 Å². The molecule has 0 bridgehead atoms. The molecule has 0 spiro atoms. The summed E-state index contributed by atoms with van der Waals surface area (Å²) < 4.78 is 7.23. The van der Waals surface area contributed by atoms with E-state index >= 15 is 0 Å². The lowest BCUT2D eigenvalue weighted by molar-refractivity contribution is -0.123. The molecule has 1 aliphatic rings. The van der Waals surface area contributed by atoms with E-state index in [1.807, 2.05) is 48.5 Å². The molecule has 1 aromatic carbocycles. The van der Waals surface area contributed by atoms with Gasteiger partial charge >= 0.3 is 0 Å². The van der Waals surface area contributed by atoms with Crippen LogP contribution in [0.5, 0.6) is 5.75 Å². The first kappa shape index (κ1) is 19.0. The third-order valence-electron chi connectivity index (χ3n) is 5.64. The Hall–Kier alpha value is -3.94. The number of hydrogen-bond donors (Lipinski definition) is 2. The molecule has 8 heteroatoms. The molecule has 0 unspecified atom stereocenters. The van der Waals surface area contributed by atoms with Gasteiger partial charge < -0.3 is 15.8 Å². The molecule has 0 atom stereocenters. The first-order valence-electron chi connectivity index (χ1n) is 10.1. The average molecular weight is 414 g/mol. The standard InChI is InChI=1S/C23H22N6O2/c1-31-19-8-7-18(16-5-2-6-17(24)12-16)29-20(19)27-21(28-29)23(9-10-23)22(30)26-14-15-4-3-11-25-13-15/h2-8,11-13H,9-10,14,24H2,1H3,(H,26,30). The van der Waals surface area contributed by atoms with E-state index in [-0.39, 0.29) is 5.91 Å². The smallest absolute Gasteiger partial charge is 0.234 e. The summed E-state index contributed by atoms with van der Waals surface area (Å²) in [6.45, 7) is 0.416. The maximum atomic E-state index is 13.1. The van der Waals surface area contributed by atoms with Crippen LogP contribution in [-0.2, 0) is 16.8 Å². The molecule has 4 aromatic rings. The lowest BCUT2D eigenvalue weighted by atomic mass is 10.1. The number of nitrogens with zero attached hydrogens (tertiary/aromatic N) is 4. The first-order valence-corrected chi connectivity index (χ1v) is 10.1.